The second-order valence-electron chi connectivity index (χ2n) is 3.87. The van der Waals surface area contributed by atoms with E-state index in [1.807, 2.05) is 11.4 Å². The SMILES string of the molecule is OC(CC1CCCCO1)c1sccc1Cl. The van der Waals surface area contributed by atoms with E-state index >= 15 is 0 Å². The van der Waals surface area contributed by atoms with Gasteiger partial charge in [0.25, 0.3) is 0 Å². The Bertz CT molecular complexity index is 307. The predicted molar refractivity (Wildman–Crippen MR) is 62.5 cm³/mol. The molecule has 1 fully saturated rings. The average Bonchev–Trinajstić information content (AvgIpc) is 2.66. The number of ether oxygens (including phenoxy) is 1. The van der Waals surface area contributed by atoms with Gasteiger partial charge in [0.2, 0.25) is 0 Å². The van der Waals surface area contributed by atoms with Crippen molar-refractivity contribution in [3.8, 4) is 0 Å². The summed E-state index contributed by atoms with van der Waals surface area (Å²) >= 11 is 7.47. The molecule has 0 aromatic carbocycles. The van der Waals surface area contributed by atoms with Crippen LogP contribution in [0.3, 0.4) is 0 Å². The highest BCUT2D eigenvalue weighted by molar-refractivity contribution is 7.10. The Kier molecular flexibility index (Phi) is 4.03. The van der Waals surface area contributed by atoms with Gasteiger partial charge < -0.3 is 9.84 Å². The van der Waals surface area contributed by atoms with Crippen LogP contribution in [0.5, 0.6) is 0 Å². The molecule has 0 radical (unpaired) electrons. The molecule has 15 heavy (non-hydrogen) atoms. The predicted octanol–water partition coefficient (Wildman–Crippen LogP) is 3.39. The number of aliphatic hydroxyl groups is 1. The van der Waals surface area contributed by atoms with Gasteiger partial charge in [0.05, 0.1) is 22.1 Å². The number of rotatable bonds is 3. The van der Waals surface area contributed by atoms with E-state index in [-0.39, 0.29) is 6.10 Å². The summed E-state index contributed by atoms with van der Waals surface area (Å²) in [5.41, 5.74) is 0. The molecule has 2 atom stereocenters. The van der Waals surface area contributed by atoms with Crippen LogP contribution in [0.1, 0.15) is 36.7 Å². The van der Waals surface area contributed by atoms with Crippen LogP contribution in [0.2, 0.25) is 5.02 Å². The van der Waals surface area contributed by atoms with Gasteiger partial charge in [-0.15, -0.1) is 11.3 Å². The van der Waals surface area contributed by atoms with Crippen molar-refractivity contribution in [2.45, 2.75) is 37.9 Å². The molecule has 1 saturated heterocycles. The van der Waals surface area contributed by atoms with Crippen LogP contribution in [0.4, 0.5) is 0 Å². The summed E-state index contributed by atoms with van der Waals surface area (Å²) in [5.74, 6) is 0. The molecule has 0 spiro atoms. The average molecular weight is 247 g/mol. The summed E-state index contributed by atoms with van der Waals surface area (Å²) in [6.07, 6.45) is 3.80. The van der Waals surface area contributed by atoms with Crippen molar-refractivity contribution < 1.29 is 9.84 Å². The highest BCUT2D eigenvalue weighted by atomic mass is 35.5. The zero-order valence-corrected chi connectivity index (χ0v) is 10.1. The maximum Gasteiger partial charge on any atom is 0.0921 e. The first kappa shape index (κ1) is 11.4. The van der Waals surface area contributed by atoms with Gasteiger partial charge >= 0.3 is 0 Å². The third kappa shape index (κ3) is 2.94. The standard InChI is InChI=1S/C11H15ClO2S/c12-9-4-6-15-11(9)10(13)7-8-3-1-2-5-14-8/h4,6,8,10,13H,1-3,5,7H2. The maximum atomic E-state index is 9.99. The lowest BCUT2D eigenvalue weighted by Crippen LogP contribution is -2.21. The molecule has 2 rings (SSSR count). The summed E-state index contributed by atoms with van der Waals surface area (Å²) in [6.45, 7) is 0.829. The van der Waals surface area contributed by atoms with Crippen molar-refractivity contribution in [3.63, 3.8) is 0 Å². The fraction of sp³-hybridized carbons (Fsp3) is 0.636. The van der Waals surface area contributed by atoms with Gasteiger partial charge in [-0.2, -0.15) is 0 Å². The Hall–Kier alpha value is -0.0900. The van der Waals surface area contributed by atoms with E-state index in [1.54, 1.807) is 0 Å². The third-order valence-electron chi connectivity index (χ3n) is 2.71. The molecule has 84 valence electrons. The molecule has 2 heterocycles. The van der Waals surface area contributed by atoms with Crippen molar-refractivity contribution in [1.82, 2.24) is 0 Å². The van der Waals surface area contributed by atoms with Gasteiger partial charge in [-0.05, 0) is 30.7 Å². The first-order chi connectivity index (χ1) is 7.27. The Labute approximate surface area is 98.8 Å². The summed E-state index contributed by atoms with van der Waals surface area (Å²) in [4.78, 5) is 0.867. The van der Waals surface area contributed by atoms with E-state index in [0.717, 1.165) is 24.3 Å². The van der Waals surface area contributed by atoms with Crippen LogP contribution in [-0.4, -0.2) is 17.8 Å². The summed E-state index contributed by atoms with van der Waals surface area (Å²) in [5, 5.41) is 12.6. The third-order valence-corrected chi connectivity index (χ3v) is 4.17. The van der Waals surface area contributed by atoms with Crippen LogP contribution in [0.25, 0.3) is 0 Å². The smallest absolute Gasteiger partial charge is 0.0921 e. The van der Waals surface area contributed by atoms with Gasteiger partial charge in [0.15, 0.2) is 0 Å². The van der Waals surface area contributed by atoms with Crippen molar-refractivity contribution >= 4 is 22.9 Å². The van der Waals surface area contributed by atoms with Crippen molar-refractivity contribution in [3.05, 3.63) is 21.3 Å². The highest BCUT2D eigenvalue weighted by Gasteiger charge is 2.21. The van der Waals surface area contributed by atoms with Gasteiger partial charge in [-0.1, -0.05) is 11.6 Å². The van der Waals surface area contributed by atoms with Crippen LogP contribution in [0.15, 0.2) is 11.4 Å². The Morgan fingerprint density at radius 2 is 2.47 bits per heavy atom. The van der Waals surface area contributed by atoms with Crippen LogP contribution in [0, 0.1) is 0 Å². The molecule has 4 heteroatoms. The molecular weight excluding hydrogens is 232 g/mol. The molecule has 0 saturated carbocycles. The van der Waals surface area contributed by atoms with Crippen LogP contribution >= 0.6 is 22.9 Å². The monoisotopic (exact) mass is 246 g/mol. The zero-order chi connectivity index (χ0) is 10.7. The molecule has 2 unspecified atom stereocenters. The van der Waals surface area contributed by atoms with Gasteiger partial charge in [0.1, 0.15) is 0 Å². The number of aliphatic hydroxyl groups excluding tert-OH is 1. The first-order valence-corrected chi connectivity index (χ1v) is 6.55. The molecule has 0 aliphatic carbocycles. The number of hydrogen-bond acceptors (Lipinski definition) is 3. The molecule has 1 N–H and O–H groups in total. The van der Waals surface area contributed by atoms with Crippen molar-refractivity contribution in [2.75, 3.05) is 6.61 Å². The first-order valence-electron chi connectivity index (χ1n) is 5.30. The zero-order valence-electron chi connectivity index (χ0n) is 8.49. The molecule has 1 aromatic heterocycles. The Morgan fingerprint density at radius 3 is 3.07 bits per heavy atom. The Balaban J connectivity index is 1.91. The minimum atomic E-state index is -0.472. The van der Waals surface area contributed by atoms with Gasteiger partial charge in [0, 0.05) is 13.0 Å². The quantitative estimate of drug-likeness (QED) is 0.886. The second kappa shape index (κ2) is 5.30. The Morgan fingerprint density at radius 1 is 1.60 bits per heavy atom. The second-order valence-corrected chi connectivity index (χ2v) is 5.23. The lowest BCUT2D eigenvalue weighted by molar-refractivity contribution is -0.0148. The van der Waals surface area contributed by atoms with Crippen molar-refractivity contribution in [1.29, 1.82) is 0 Å². The number of halogens is 1. The molecule has 0 amide bonds. The summed E-state index contributed by atoms with van der Waals surface area (Å²) in [7, 11) is 0. The lowest BCUT2D eigenvalue weighted by atomic mass is 10.0. The molecule has 2 nitrogen and oxygen atoms in total. The normalized spacial score (nSPS) is 24.0. The molecular formula is C11H15ClO2S. The van der Waals surface area contributed by atoms with Crippen molar-refractivity contribution in [2.24, 2.45) is 0 Å². The maximum absolute atomic E-state index is 9.99. The molecule has 1 aliphatic rings. The number of hydrogen-bond donors (Lipinski definition) is 1. The van der Waals surface area contributed by atoms with E-state index in [2.05, 4.69) is 0 Å². The molecule has 0 bridgehead atoms. The minimum Gasteiger partial charge on any atom is -0.387 e. The van der Waals surface area contributed by atoms with E-state index < -0.39 is 6.10 Å². The largest absolute Gasteiger partial charge is 0.387 e. The van der Waals surface area contributed by atoms with E-state index in [0.29, 0.717) is 11.4 Å². The summed E-state index contributed by atoms with van der Waals surface area (Å²) in [6, 6.07) is 1.83. The molecule has 1 aliphatic heterocycles. The van der Waals surface area contributed by atoms with Gasteiger partial charge in [-0.3, -0.25) is 0 Å². The molecule has 1 aromatic rings. The highest BCUT2D eigenvalue weighted by Crippen LogP contribution is 2.32. The lowest BCUT2D eigenvalue weighted by Gasteiger charge is -2.24. The fourth-order valence-electron chi connectivity index (χ4n) is 1.89. The van der Waals surface area contributed by atoms with E-state index in [4.69, 9.17) is 16.3 Å². The van der Waals surface area contributed by atoms with Gasteiger partial charge in [-0.25, -0.2) is 0 Å². The fourth-order valence-corrected chi connectivity index (χ4v) is 3.07. The van der Waals surface area contributed by atoms with Crippen LogP contribution in [-0.2, 0) is 4.74 Å². The number of thiophene rings is 1. The van der Waals surface area contributed by atoms with E-state index in [9.17, 15) is 5.11 Å². The topological polar surface area (TPSA) is 29.5 Å². The summed E-state index contributed by atoms with van der Waals surface area (Å²) < 4.78 is 5.59. The minimum absolute atomic E-state index is 0.201. The van der Waals surface area contributed by atoms with E-state index in [1.165, 1.54) is 17.8 Å². The van der Waals surface area contributed by atoms with Crippen LogP contribution < -0.4 is 0 Å².